The van der Waals surface area contributed by atoms with Gasteiger partial charge in [0.1, 0.15) is 0 Å². The van der Waals surface area contributed by atoms with Crippen molar-refractivity contribution in [2.75, 3.05) is 11.9 Å². The first-order chi connectivity index (χ1) is 9.67. The van der Waals surface area contributed by atoms with Crippen molar-refractivity contribution in [2.24, 2.45) is 5.73 Å². The highest BCUT2D eigenvalue weighted by molar-refractivity contribution is 6.30. The number of hydrogen-bond donors (Lipinski definition) is 2. The van der Waals surface area contributed by atoms with Gasteiger partial charge in [0.25, 0.3) is 0 Å². The monoisotopic (exact) mass is 293 g/mol. The number of nitrogens with two attached hydrogens (primary N) is 1. The summed E-state index contributed by atoms with van der Waals surface area (Å²) in [4.78, 5) is 11.8. The molecule has 0 saturated carbocycles. The average Bonchev–Trinajstić information content (AvgIpc) is 2.85. The maximum absolute atomic E-state index is 11.8. The molecular weight excluding hydrogens is 278 g/mol. The number of benzene rings is 1. The highest BCUT2D eigenvalue weighted by Crippen LogP contribution is 2.15. The van der Waals surface area contributed by atoms with E-state index in [2.05, 4.69) is 15.6 Å². The van der Waals surface area contributed by atoms with Crippen LogP contribution in [-0.4, -0.2) is 27.4 Å². The Bertz CT molecular complexity index is 584. The van der Waals surface area contributed by atoms with Gasteiger partial charge in [0.05, 0.1) is 12.2 Å². The first-order valence-electron chi connectivity index (χ1n) is 6.32. The molecule has 0 bridgehead atoms. The van der Waals surface area contributed by atoms with E-state index in [-0.39, 0.29) is 5.91 Å². The Morgan fingerprint density at radius 3 is 3.05 bits per heavy atom. The SMILES string of the molecule is NCCc1cn(CCC(=O)Nc2cccc(Cl)c2)nn1. The lowest BCUT2D eigenvalue weighted by molar-refractivity contribution is -0.116. The van der Waals surface area contributed by atoms with Gasteiger partial charge in [0.15, 0.2) is 0 Å². The Kier molecular flexibility index (Phi) is 5.09. The minimum absolute atomic E-state index is 0.0943. The Balaban J connectivity index is 1.82. The number of halogens is 1. The minimum Gasteiger partial charge on any atom is -0.330 e. The molecule has 0 aliphatic heterocycles. The fourth-order valence-corrected chi connectivity index (χ4v) is 1.91. The summed E-state index contributed by atoms with van der Waals surface area (Å²) in [5.41, 5.74) is 6.96. The Hall–Kier alpha value is -1.92. The molecule has 3 N–H and O–H groups in total. The zero-order valence-electron chi connectivity index (χ0n) is 10.9. The van der Waals surface area contributed by atoms with Crippen LogP contribution < -0.4 is 11.1 Å². The van der Waals surface area contributed by atoms with Gasteiger partial charge in [-0.05, 0) is 24.7 Å². The van der Waals surface area contributed by atoms with Gasteiger partial charge in [0.2, 0.25) is 5.91 Å². The number of carbonyl (C=O) groups is 1. The molecule has 0 saturated heterocycles. The summed E-state index contributed by atoms with van der Waals surface area (Å²) in [5, 5.41) is 11.3. The second-order valence-electron chi connectivity index (χ2n) is 4.32. The summed E-state index contributed by atoms with van der Waals surface area (Å²) in [6, 6.07) is 7.03. The Morgan fingerprint density at radius 1 is 1.45 bits per heavy atom. The van der Waals surface area contributed by atoms with E-state index < -0.39 is 0 Å². The van der Waals surface area contributed by atoms with Crippen LogP contribution in [0, 0.1) is 0 Å². The van der Waals surface area contributed by atoms with E-state index >= 15 is 0 Å². The molecule has 0 unspecified atom stereocenters. The second-order valence-corrected chi connectivity index (χ2v) is 4.76. The largest absolute Gasteiger partial charge is 0.330 e. The summed E-state index contributed by atoms with van der Waals surface area (Å²) in [5.74, 6) is -0.0943. The van der Waals surface area contributed by atoms with Gasteiger partial charge in [-0.1, -0.05) is 22.9 Å². The molecule has 1 amide bonds. The van der Waals surface area contributed by atoms with Crippen LogP contribution in [0.25, 0.3) is 0 Å². The molecule has 0 spiro atoms. The normalized spacial score (nSPS) is 10.5. The number of anilines is 1. The molecule has 1 aromatic heterocycles. The van der Waals surface area contributed by atoms with Crippen LogP contribution in [-0.2, 0) is 17.8 Å². The summed E-state index contributed by atoms with van der Waals surface area (Å²) < 4.78 is 1.64. The molecule has 1 heterocycles. The molecule has 6 nitrogen and oxygen atoms in total. The van der Waals surface area contributed by atoms with Crippen molar-refractivity contribution in [1.29, 1.82) is 0 Å². The molecular formula is C13H16ClN5O. The third kappa shape index (κ3) is 4.32. The number of aryl methyl sites for hydroxylation is 1. The summed E-state index contributed by atoms with van der Waals surface area (Å²) in [7, 11) is 0. The summed E-state index contributed by atoms with van der Waals surface area (Å²) >= 11 is 5.85. The summed E-state index contributed by atoms with van der Waals surface area (Å²) in [6.07, 6.45) is 2.81. The zero-order chi connectivity index (χ0) is 14.4. The van der Waals surface area contributed by atoms with Crippen LogP contribution in [0.2, 0.25) is 5.02 Å². The van der Waals surface area contributed by atoms with E-state index in [9.17, 15) is 4.79 Å². The number of carbonyl (C=O) groups excluding carboxylic acids is 1. The van der Waals surface area contributed by atoms with Gasteiger partial charge in [-0.3, -0.25) is 9.48 Å². The van der Waals surface area contributed by atoms with Crippen molar-refractivity contribution in [1.82, 2.24) is 15.0 Å². The lowest BCUT2D eigenvalue weighted by Crippen LogP contribution is -2.14. The molecule has 0 fully saturated rings. The van der Waals surface area contributed by atoms with Gasteiger partial charge in [-0.2, -0.15) is 0 Å². The van der Waals surface area contributed by atoms with Gasteiger partial charge in [-0.25, -0.2) is 0 Å². The smallest absolute Gasteiger partial charge is 0.226 e. The van der Waals surface area contributed by atoms with Gasteiger partial charge >= 0.3 is 0 Å². The van der Waals surface area contributed by atoms with Crippen LogP contribution in [0.15, 0.2) is 30.5 Å². The lowest BCUT2D eigenvalue weighted by atomic mass is 10.3. The van der Waals surface area contributed by atoms with Crippen molar-refractivity contribution in [2.45, 2.75) is 19.4 Å². The maximum atomic E-state index is 11.8. The standard InChI is InChI=1S/C13H16ClN5O/c14-10-2-1-3-11(8-10)16-13(20)5-7-19-9-12(4-6-15)17-18-19/h1-3,8-9H,4-7,15H2,(H,16,20). The number of rotatable bonds is 6. The quantitative estimate of drug-likeness (QED) is 0.844. The van der Waals surface area contributed by atoms with Crippen molar-refractivity contribution in [3.05, 3.63) is 41.2 Å². The number of nitrogens with one attached hydrogen (secondary N) is 1. The molecule has 20 heavy (non-hydrogen) atoms. The number of nitrogens with zero attached hydrogens (tertiary/aromatic N) is 3. The van der Waals surface area contributed by atoms with E-state index in [0.717, 1.165) is 5.69 Å². The van der Waals surface area contributed by atoms with Gasteiger partial charge in [-0.15, -0.1) is 5.10 Å². The van der Waals surface area contributed by atoms with Crippen LogP contribution in [0.3, 0.4) is 0 Å². The van der Waals surface area contributed by atoms with Gasteiger partial charge in [0, 0.05) is 29.7 Å². The van der Waals surface area contributed by atoms with Crippen LogP contribution >= 0.6 is 11.6 Å². The third-order valence-electron chi connectivity index (χ3n) is 2.66. The topological polar surface area (TPSA) is 85.8 Å². The van der Waals surface area contributed by atoms with E-state index in [0.29, 0.717) is 36.6 Å². The number of hydrogen-bond acceptors (Lipinski definition) is 4. The second kappa shape index (κ2) is 7.02. The van der Waals surface area contributed by atoms with E-state index in [1.54, 1.807) is 35.1 Å². The van der Waals surface area contributed by atoms with Crippen molar-refractivity contribution >= 4 is 23.2 Å². The fourth-order valence-electron chi connectivity index (χ4n) is 1.72. The van der Waals surface area contributed by atoms with Crippen LogP contribution in [0.1, 0.15) is 12.1 Å². The first kappa shape index (κ1) is 14.5. The molecule has 2 rings (SSSR count). The Labute approximate surface area is 121 Å². The van der Waals surface area contributed by atoms with E-state index in [1.807, 2.05) is 0 Å². The predicted molar refractivity (Wildman–Crippen MR) is 77.5 cm³/mol. The van der Waals surface area contributed by atoms with Gasteiger partial charge < -0.3 is 11.1 Å². The maximum Gasteiger partial charge on any atom is 0.226 e. The number of amides is 1. The van der Waals surface area contributed by atoms with E-state index in [4.69, 9.17) is 17.3 Å². The molecule has 7 heteroatoms. The first-order valence-corrected chi connectivity index (χ1v) is 6.69. The van der Waals surface area contributed by atoms with Crippen LogP contribution in [0.4, 0.5) is 5.69 Å². The number of aromatic nitrogens is 3. The lowest BCUT2D eigenvalue weighted by Gasteiger charge is -2.05. The molecule has 106 valence electrons. The van der Waals surface area contributed by atoms with E-state index in [1.165, 1.54) is 0 Å². The fraction of sp³-hybridized carbons (Fsp3) is 0.308. The van der Waals surface area contributed by atoms with Crippen molar-refractivity contribution < 1.29 is 4.79 Å². The van der Waals surface area contributed by atoms with Crippen LogP contribution in [0.5, 0.6) is 0 Å². The minimum atomic E-state index is -0.0943. The zero-order valence-corrected chi connectivity index (χ0v) is 11.7. The van der Waals surface area contributed by atoms with Crippen molar-refractivity contribution in [3.8, 4) is 0 Å². The molecule has 0 radical (unpaired) electrons. The molecule has 0 aliphatic carbocycles. The average molecular weight is 294 g/mol. The highest BCUT2D eigenvalue weighted by atomic mass is 35.5. The Morgan fingerprint density at radius 2 is 2.30 bits per heavy atom. The highest BCUT2D eigenvalue weighted by Gasteiger charge is 2.05. The molecule has 1 aromatic carbocycles. The molecule has 0 aliphatic rings. The van der Waals surface area contributed by atoms with Crippen molar-refractivity contribution in [3.63, 3.8) is 0 Å². The predicted octanol–water partition coefficient (Wildman–Crippen LogP) is 1.46. The summed E-state index contributed by atoms with van der Waals surface area (Å²) in [6.45, 7) is 1.01. The molecule has 2 aromatic rings. The third-order valence-corrected chi connectivity index (χ3v) is 2.90. The molecule has 0 atom stereocenters.